The molecule has 0 bridgehead atoms. The van der Waals surface area contributed by atoms with E-state index in [9.17, 15) is 23.2 Å². The first-order valence-corrected chi connectivity index (χ1v) is 10.3. The molecule has 1 unspecified atom stereocenters. The third kappa shape index (κ3) is 4.42. The minimum atomic E-state index is -1.81. The Labute approximate surface area is 185 Å². The maximum absolute atomic E-state index is 14.2. The van der Waals surface area contributed by atoms with Crippen LogP contribution in [0.15, 0.2) is 42.5 Å². The van der Waals surface area contributed by atoms with E-state index in [4.69, 9.17) is 0 Å². The highest BCUT2D eigenvalue weighted by atomic mass is 19.1. The van der Waals surface area contributed by atoms with Crippen molar-refractivity contribution in [3.05, 3.63) is 59.7 Å². The highest BCUT2D eigenvalue weighted by Gasteiger charge is 2.50. The molecular formula is C23H26F2N4O3. The monoisotopic (exact) mass is 444 g/mol. The van der Waals surface area contributed by atoms with Crippen molar-refractivity contribution >= 4 is 29.2 Å². The van der Waals surface area contributed by atoms with Crippen molar-refractivity contribution in [2.75, 3.05) is 23.3 Å². The van der Waals surface area contributed by atoms with Crippen LogP contribution in [0.3, 0.4) is 0 Å². The average Bonchev–Trinajstić information content (AvgIpc) is 2.95. The Morgan fingerprint density at radius 1 is 1.16 bits per heavy atom. The van der Waals surface area contributed by atoms with Crippen LogP contribution in [0.2, 0.25) is 0 Å². The molecule has 170 valence electrons. The molecule has 0 aliphatic carbocycles. The molecule has 2 N–H and O–H groups in total. The van der Waals surface area contributed by atoms with Crippen molar-refractivity contribution in [1.82, 2.24) is 10.2 Å². The molecular weight excluding hydrogens is 418 g/mol. The molecule has 2 aromatic carbocycles. The predicted molar refractivity (Wildman–Crippen MR) is 117 cm³/mol. The second-order valence-electron chi connectivity index (χ2n) is 8.05. The molecule has 1 fully saturated rings. The summed E-state index contributed by atoms with van der Waals surface area (Å²) in [7, 11) is 0. The van der Waals surface area contributed by atoms with E-state index in [0.29, 0.717) is 16.6 Å². The van der Waals surface area contributed by atoms with Crippen LogP contribution < -0.4 is 15.5 Å². The molecule has 0 aromatic heterocycles. The van der Waals surface area contributed by atoms with Gasteiger partial charge in [-0.15, -0.1) is 0 Å². The molecule has 9 heteroatoms. The number of carbonyl (C=O) groups is 3. The van der Waals surface area contributed by atoms with Gasteiger partial charge in [-0.1, -0.05) is 0 Å². The summed E-state index contributed by atoms with van der Waals surface area (Å²) in [5.41, 5.74) is -0.613. The number of imide groups is 1. The first-order chi connectivity index (χ1) is 15.1. The largest absolute Gasteiger partial charge is 0.369 e. The van der Waals surface area contributed by atoms with Crippen LogP contribution in [0.4, 0.5) is 25.0 Å². The first kappa shape index (κ1) is 23.2. The molecule has 3 rings (SSSR count). The number of rotatable bonds is 7. The van der Waals surface area contributed by atoms with Crippen LogP contribution in [0.5, 0.6) is 0 Å². The van der Waals surface area contributed by atoms with E-state index in [2.05, 4.69) is 36.3 Å². The number of urea groups is 1. The van der Waals surface area contributed by atoms with Crippen LogP contribution in [-0.4, -0.2) is 41.9 Å². The van der Waals surface area contributed by atoms with Gasteiger partial charge in [-0.25, -0.2) is 13.6 Å². The second-order valence-corrected chi connectivity index (χ2v) is 8.05. The minimum absolute atomic E-state index is 0.306. The van der Waals surface area contributed by atoms with Crippen LogP contribution in [0.25, 0.3) is 0 Å². The quantitative estimate of drug-likeness (QED) is 0.640. The van der Waals surface area contributed by atoms with Gasteiger partial charge in [0.1, 0.15) is 23.7 Å². The lowest BCUT2D eigenvalue weighted by Crippen LogP contribution is -2.42. The summed E-state index contributed by atoms with van der Waals surface area (Å²) in [5.74, 6) is -3.02. The van der Waals surface area contributed by atoms with Gasteiger partial charge in [-0.3, -0.25) is 14.5 Å². The molecule has 32 heavy (non-hydrogen) atoms. The molecule has 4 amide bonds. The van der Waals surface area contributed by atoms with E-state index in [1.165, 1.54) is 6.92 Å². The fourth-order valence-electron chi connectivity index (χ4n) is 3.83. The number of benzene rings is 2. The number of halogens is 2. The van der Waals surface area contributed by atoms with Crippen molar-refractivity contribution in [3.8, 4) is 0 Å². The molecule has 2 aromatic rings. The van der Waals surface area contributed by atoms with E-state index in [0.717, 1.165) is 30.4 Å². The fourth-order valence-corrected chi connectivity index (χ4v) is 3.83. The van der Waals surface area contributed by atoms with Gasteiger partial charge in [0.05, 0.1) is 0 Å². The van der Waals surface area contributed by atoms with E-state index < -0.39 is 41.6 Å². The second kappa shape index (κ2) is 8.94. The summed E-state index contributed by atoms with van der Waals surface area (Å²) in [6.45, 7) is 7.76. The highest BCUT2D eigenvalue weighted by molar-refractivity contribution is 6.10. The Balaban J connectivity index is 1.71. The summed E-state index contributed by atoms with van der Waals surface area (Å²) in [4.78, 5) is 40.6. The van der Waals surface area contributed by atoms with Gasteiger partial charge in [0.15, 0.2) is 0 Å². The van der Waals surface area contributed by atoms with Gasteiger partial charge in [0.2, 0.25) is 5.91 Å². The van der Waals surface area contributed by atoms with Crippen LogP contribution in [0, 0.1) is 11.6 Å². The maximum atomic E-state index is 14.2. The lowest BCUT2D eigenvalue weighted by molar-refractivity contribution is -0.133. The Morgan fingerprint density at radius 3 is 2.41 bits per heavy atom. The standard InChI is InChI=1S/C23H26F2N4O3/c1-5-28(14(2)3)17-9-7-16(8-10-17)26-20(30)13-29-21(31)23(4,27-22(29)32)18-12-15(24)6-11-19(18)25/h6-12,14H,5,13H2,1-4H3,(H,26,30)(H,27,32). The van der Waals surface area contributed by atoms with Gasteiger partial charge in [-0.2, -0.15) is 0 Å². The summed E-state index contributed by atoms with van der Waals surface area (Å²) in [6.07, 6.45) is 0. The third-order valence-electron chi connectivity index (χ3n) is 5.49. The third-order valence-corrected chi connectivity index (χ3v) is 5.49. The average molecular weight is 444 g/mol. The van der Waals surface area contributed by atoms with E-state index >= 15 is 0 Å². The molecule has 1 aliphatic heterocycles. The van der Waals surface area contributed by atoms with Gasteiger partial charge < -0.3 is 15.5 Å². The Hall–Kier alpha value is -3.49. The lowest BCUT2D eigenvalue weighted by atomic mass is 9.91. The van der Waals surface area contributed by atoms with Gasteiger partial charge in [-0.05, 0) is 70.2 Å². The van der Waals surface area contributed by atoms with E-state index in [1.54, 1.807) is 12.1 Å². The number of hydrogen-bond donors (Lipinski definition) is 2. The molecule has 0 spiro atoms. The topological polar surface area (TPSA) is 81.8 Å². The lowest BCUT2D eigenvalue weighted by Gasteiger charge is -2.27. The molecule has 1 atom stereocenters. The molecule has 1 aliphatic rings. The minimum Gasteiger partial charge on any atom is -0.369 e. The molecule has 1 heterocycles. The Morgan fingerprint density at radius 2 is 1.81 bits per heavy atom. The highest BCUT2D eigenvalue weighted by Crippen LogP contribution is 2.31. The van der Waals surface area contributed by atoms with Crippen LogP contribution in [0.1, 0.15) is 33.3 Å². The molecule has 7 nitrogen and oxygen atoms in total. The fraction of sp³-hybridized carbons (Fsp3) is 0.348. The summed E-state index contributed by atoms with van der Waals surface area (Å²) >= 11 is 0. The summed E-state index contributed by atoms with van der Waals surface area (Å²) in [6, 6.07) is 9.32. The van der Waals surface area contributed by atoms with E-state index in [-0.39, 0.29) is 5.56 Å². The van der Waals surface area contributed by atoms with Crippen molar-refractivity contribution < 1.29 is 23.2 Å². The zero-order valence-corrected chi connectivity index (χ0v) is 18.4. The van der Waals surface area contributed by atoms with Crippen LogP contribution >= 0.6 is 0 Å². The normalized spacial score (nSPS) is 18.2. The smallest absolute Gasteiger partial charge is 0.325 e. The number of hydrogen-bond acceptors (Lipinski definition) is 4. The van der Waals surface area contributed by atoms with Gasteiger partial charge in [0.25, 0.3) is 5.91 Å². The van der Waals surface area contributed by atoms with Gasteiger partial charge >= 0.3 is 6.03 Å². The maximum Gasteiger partial charge on any atom is 0.325 e. The van der Waals surface area contributed by atoms with Crippen molar-refractivity contribution in [1.29, 1.82) is 0 Å². The number of nitrogens with zero attached hydrogens (tertiary/aromatic N) is 2. The summed E-state index contributed by atoms with van der Waals surface area (Å²) < 4.78 is 27.9. The zero-order chi connectivity index (χ0) is 23.6. The van der Waals surface area contributed by atoms with Gasteiger partial charge in [0, 0.05) is 29.5 Å². The first-order valence-electron chi connectivity index (χ1n) is 10.3. The SMILES string of the molecule is CCN(c1ccc(NC(=O)CN2C(=O)NC(C)(c3cc(F)ccc3F)C2=O)cc1)C(C)C. The van der Waals surface area contributed by atoms with Crippen LogP contribution in [-0.2, 0) is 15.1 Å². The zero-order valence-electron chi connectivity index (χ0n) is 18.4. The van der Waals surface area contributed by atoms with E-state index in [1.807, 2.05) is 12.1 Å². The molecule has 1 saturated heterocycles. The Kier molecular flexibility index (Phi) is 6.47. The number of anilines is 2. The number of nitrogens with one attached hydrogen (secondary N) is 2. The number of amides is 4. The molecule has 0 saturated carbocycles. The molecule has 0 radical (unpaired) electrons. The predicted octanol–water partition coefficient (Wildman–Crippen LogP) is 3.61. The Bertz CT molecular complexity index is 1040. The van der Waals surface area contributed by atoms with Crippen molar-refractivity contribution in [3.63, 3.8) is 0 Å². The van der Waals surface area contributed by atoms with Crippen molar-refractivity contribution in [2.24, 2.45) is 0 Å². The number of carbonyl (C=O) groups excluding carboxylic acids is 3. The van der Waals surface area contributed by atoms with Crippen molar-refractivity contribution in [2.45, 2.75) is 39.3 Å². The summed E-state index contributed by atoms with van der Waals surface area (Å²) in [5, 5.41) is 5.01.